The van der Waals surface area contributed by atoms with Crippen LogP contribution >= 0.6 is 0 Å². The summed E-state index contributed by atoms with van der Waals surface area (Å²) >= 11 is 0. The van der Waals surface area contributed by atoms with E-state index in [1.165, 1.54) is 19.3 Å². The third-order valence-corrected chi connectivity index (χ3v) is 6.96. The maximum Gasteiger partial charge on any atom is 0.307 e. The SMILES string of the molecule is CC(NC(=O)c1ccc2c(c1)nc(-c1ccoc1)n2C1CCCCC1)C(=O)Nc1cccc(CC(=O)O)c1. The number of carbonyl (C=O) groups is 3. The van der Waals surface area contributed by atoms with Gasteiger partial charge in [0, 0.05) is 17.3 Å². The van der Waals surface area contributed by atoms with Crippen LogP contribution in [0.5, 0.6) is 0 Å². The van der Waals surface area contributed by atoms with Crippen LogP contribution in [-0.4, -0.2) is 38.5 Å². The van der Waals surface area contributed by atoms with E-state index in [1.54, 1.807) is 55.8 Å². The molecule has 0 saturated heterocycles. The Hall–Kier alpha value is -4.40. The average molecular weight is 515 g/mol. The maximum absolute atomic E-state index is 13.0. The molecule has 1 unspecified atom stereocenters. The van der Waals surface area contributed by atoms with Crippen LogP contribution in [0.1, 0.15) is 61.0 Å². The smallest absolute Gasteiger partial charge is 0.307 e. The van der Waals surface area contributed by atoms with Gasteiger partial charge in [-0.05, 0) is 61.7 Å². The second-order valence-corrected chi connectivity index (χ2v) is 9.77. The summed E-state index contributed by atoms with van der Waals surface area (Å²) in [4.78, 5) is 41.6. The van der Waals surface area contributed by atoms with Gasteiger partial charge >= 0.3 is 5.97 Å². The van der Waals surface area contributed by atoms with E-state index in [1.807, 2.05) is 12.1 Å². The quantitative estimate of drug-likeness (QED) is 0.297. The topological polar surface area (TPSA) is 126 Å². The maximum atomic E-state index is 13.0. The molecule has 0 aliphatic heterocycles. The minimum absolute atomic E-state index is 0.142. The van der Waals surface area contributed by atoms with Crippen LogP contribution < -0.4 is 10.6 Å². The predicted molar refractivity (Wildman–Crippen MR) is 143 cm³/mol. The van der Waals surface area contributed by atoms with Crippen molar-refractivity contribution in [1.82, 2.24) is 14.9 Å². The highest BCUT2D eigenvalue weighted by molar-refractivity contribution is 6.02. The number of anilines is 1. The van der Waals surface area contributed by atoms with Gasteiger partial charge in [0.2, 0.25) is 5.91 Å². The molecule has 1 aliphatic carbocycles. The van der Waals surface area contributed by atoms with Crippen LogP contribution in [0.2, 0.25) is 0 Å². The first-order valence-electron chi connectivity index (χ1n) is 12.9. The molecule has 9 heteroatoms. The number of amides is 2. The number of nitrogens with one attached hydrogen (secondary N) is 2. The fraction of sp³-hybridized carbons (Fsp3) is 0.310. The summed E-state index contributed by atoms with van der Waals surface area (Å²) in [5, 5.41) is 14.5. The van der Waals surface area contributed by atoms with Gasteiger partial charge in [0.1, 0.15) is 18.1 Å². The molecule has 1 saturated carbocycles. The molecule has 2 aromatic heterocycles. The lowest BCUT2D eigenvalue weighted by molar-refractivity contribution is -0.136. The number of imidazole rings is 1. The van der Waals surface area contributed by atoms with Gasteiger partial charge < -0.3 is 24.7 Å². The summed E-state index contributed by atoms with van der Waals surface area (Å²) in [5.41, 5.74) is 4.03. The summed E-state index contributed by atoms with van der Waals surface area (Å²) in [6, 6.07) is 13.5. The molecule has 1 atom stereocenters. The van der Waals surface area contributed by atoms with Crippen molar-refractivity contribution in [3.05, 3.63) is 72.2 Å². The Kier molecular flexibility index (Phi) is 7.26. The highest BCUT2D eigenvalue weighted by atomic mass is 16.4. The molecular formula is C29H30N4O5. The lowest BCUT2D eigenvalue weighted by atomic mass is 9.95. The number of carbonyl (C=O) groups excluding carboxylic acids is 2. The van der Waals surface area contributed by atoms with E-state index in [2.05, 4.69) is 15.2 Å². The van der Waals surface area contributed by atoms with Crippen molar-refractivity contribution in [2.75, 3.05) is 5.32 Å². The first-order valence-corrected chi connectivity index (χ1v) is 12.9. The van der Waals surface area contributed by atoms with Crippen molar-refractivity contribution in [1.29, 1.82) is 0 Å². The number of hydrogen-bond donors (Lipinski definition) is 3. The second kappa shape index (κ2) is 10.9. The Morgan fingerprint density at radius 1 is 1.11 bits per heavy atom. The van der Waals surface area contributed by atoms with Crippen LogP contribution in [0.3, 0.4) is 0 Å². The zero-order valence-corrected chi connectivity index (χ0v) is 21.1. The monoisotopic (exact) mass is 514 g/mol. The number of furan rings is 1. The van der Waals surface area contributed by atoms with Crippen molar-refractivity contribution in [3.8, 4) is 11.4 Å². The van der Waals surface area contributed by atoms with Gasteiger partial charge in [-0.15, -0.1) is 0 Å². The molecule has 1 aliphatic rings. The molecule has 3 N–H and O–H groups in total. The molecule has 1 fully saturated rings. The number of rotatable bonds is 8. The molecule has 5 rings (SSSR count). The molecular weight excluding hydrogens is 484 g/mol. The highest BCUT2D eigenvalue weighted by Gasteiger charge is 2.24. The molecule has 0 radical (unpaired) electrons. The van der Waals surface area contributed by atoms with E-state index in [-0.39, 0.29) is 12.3 Å². The Morgan fingerprint density at radius 3 is 2.66 bits per heavy atom. The highest BCUT2D eigenvalue weighted by Crippen LogP contribution is 2.36. The second-order valence-electron chi connectivity index (χ2n) is 9.77. The molecule has 196 valence electrons. The van der Waals surface area contributed by atoms with Crippen LogP contribution in [0.15, 0.2) is 65.5 Å². The standard InChI is InChI=1S/C29H30N4O5/c1-18(28(36)31-22-7-5-6-19(14-22)15-26(34)35)30-29(37)20-10-11-25-24(16-20)32-27(21-12-13-38-17-21)33(25)23-8-3-2-4-9-23/h5-7,10-14,16-18,23H,2-4,8-9,15H2,1H3,(H,30,37)(H,31,36)(H,34,35). The minimum atomic E-state index is -0.952. The van der Waals surface area contributed by atoms with E-state index in [0.717, 1.165) is 29.7 Å². The van der Waals surface area contributed by atoms with E-state index < -0.39 is 17.9 Å². The van der Waals surface area contributed by atoms with Gasteiger partial charge in [-0.25, -0.2) is 4.98 Å². The zero-order chi connectivity index (χ0) is 26.6. The molecule has 4 aromatic rings. The first kappa shape index (κ1) is 25.3. The van der Waals surface area contributed by atoms with E-state index >= 15 is 0 Å². The Labute approximate surface area is 219 Å². The minimum Gasteiger partial charge on any atom is -0.481 e. The van der Waals surface area contributed by atoms with Crippen molar-refractivity contribution >= 4 is 34.5 Å². The molecule has 2 amide bonds. The van der Waals surface area contributed by atoms with E-state index in [4.69, 9.17) is 14.5 Å². The number of aromatic nitrogens is 2. The van der Waals surface area contributed by atoms with Gasteiger partial charge in [-0.2, -0.15) is 0 Å². The van der Waals surface area contributed by atoms with Gasteiger partial charge in [0.15, 0.2) is 0 Å². The van der Waals surface area contributed by atoms with E-state index in [9.17, 15) is 14.4 Å². The lowest BCUT2D eigenvalue weighted by Gasteiger charge is -2.25. The van der Waals surface area contributed by atoms with E-state index in [0.29, 0.717) is 28.4 Å². The Bertz CT molecular complexity index is 1470. The molecule has 0 spiro atoms. The van der Waals surface area contributed by atoms with Crippen LogP contribution in [0.4, 0.5) is 5.69 Å². The molecule has 9 nitrogen and oxygen atoms in total. The molecule has 2 heterocycles. The average Bonchev–Trinajstić information content (AvgIpc) is 3.56. The van der Waals surface area contributed by atoms with Gasteiger partial charge in [-0.3, -0.25) is 14.4 Å². The summed E-state index contributed by atoms with van der Waals surface area (Å²) in [6.07, 6.45) is 8.96. The van der Waals surface area contributed by atoms with Crippen LogP contribution in [-0.2, 0) is 16.0 Å². The summed E-state index contributed by atoms with van der Waals surface area (Å²) in [7, 11) is 0. The number of hydrogen-bond acceptors (Lipinski definition) is 5. The Balaban J connectivity index is 1.33. The largest absolute Gasteiger partial charge is 0.481 e. The van der Waals surface area contributed by atoms with Crippen molar-refractivity contribution in [2.45, 2.75) is 57.5 Å². The number of aliphatic carboxylic acids is 1. The van der Waals surface area contributed by atoms with Crippen molar-refractivity contribution < 1.29 is 23.9 Å². The third kappa shape index (κ3) is 5.46. The fourth-order valence-electron chi connectivity index (χ4n) is 5.07. The van der Waals surface area contributed by atoms with Gasteiger partial charge in [0.25, 0.3) is 5.91 Å². The number of fused-ring (bicyclic) bond motifs is 1. The zero-order valence-electron chi connectivity index (χ0n) is 21.1. The van der Waals surface area contributed by atoms with Gasteiger partial charge in [-0.1, -0.05) is 31.4 Å². The fourth-order valence-corrected chi connectivity index (χ4v) is 5.07. The summed E-state index contributed by atoms with van der Waals surface area (Å²) in [6.45, 7) is 1.60. The predicted octanol–water partition coefficient (Wildman–Crippen LogP) is 5.19. The van der Waals surface area contributed by atoms with Crippen molar-refractivity contribution in [3.63, 3.8) is 0 Å². The number of benzene rings is 2. The number of nitrogens with zero attached hydrogens (tertiary/aromatic N) is 2. The van der Waals surface area contributed by atoms with Crippen LogP contribution in [0.25, 0.3) is 22.4 Å². The lowest BCUT2D eigenvalue weighted by Crippen LogP contribution is -2.41. The third-order valence-electron chi connectivity index (χ3n) is 6.96. The molecule has 2 aromatic carbocycles. The first-order chi connectivity index (χ1) is 18.4. The van der Waals surface area contributed by atoms with Crippen LogP contribution in [0, 0.1) is 0 Å². The normalized spacial score (nSPS) is 14.8. The number of carboxylic acids is 1. The molecule has 0 bridgehead atoms. The Morgan fingerprint density at radius 2 is 1.92 bits per heavy atom. The number of carboxylic acid groups (broad SMARTS) is 1. The molecule has 38 heavy (non-hydrogen) atoms. The summed E-state index contributed by atoms with van der Waals surface area (Å²) in [5.74, 6) is -0.912. The van der Waals surface area contributed by atoms with Gasteiger partial charge in [0.05, 0.1) is 29.3 Å². The van der Waals surface area contributed by atoms with Crippen molar-refractivity contribution in [2.24, 2.45) is 0 Å². The summed E-state index contributed by atoms with van der Waals surface area (Å²) < 4.78 is 7.59.